The van der Waals surface area contributed by atoms with E-state index >= 15 is 0 Å². The maximum Gasteiger partial charge on any atom is 0.325 e. The van der Waals surface area contributed by atoms with Gasteiger partial charge in [-0.1, -0.05) is 6.92 Å². The molecule has 1 heterocycles. The van der Waals surface area contributed by atoms with Crippen molar-refractivity contribution in [2.24, 2.45) is 0 Å². The number of hydrogen-bond donors (Lipinski definition) is 0. The summed E-state index contributed by atoms with van der Waals surface area (Å²) in [6.07, 6.45) is 1.08. The van der Waals surface area contributed by atoms with Gasteiger partial charge in [-0.25, -0.2) is 0 Å². The molecule has 0 aliphatic carbocycles. The van der Waals surface area contributed by atoms with Crippen molar-refractivity contribution in [3.05, 3.63) is 0 Å². The highest BCUT2D eigenvalue weighted by Gasteiger charge is 2.41. The van der Waals surface area contributed by atoms with Gasteiger partial charge < -0.3 is 9.47 Å². The topological polar surface area (TPSA) is 38.8 Å². The van der Waals surface area contributed by atoms with Crippen molar-refractivity contribution in [1.29, 1.82) is 0 Å². The van der Waals surface area contributed by atoms with Crippen LogP contribution in [-0.4, -0.2) is 48.8 Å². The van der Waals surface area contributed by atoms with E-state index in [1.165, 1.54) is 7.11 Å². The molecular formula is C12H23NO3. The number of methoxy groups -OCH3 is 1. The molecule has 4 heteroatoms. The Labute approximate surface area is 97.9 Å². The lowest BCUT2D eigenvalue weighted by molar-refractivity contribution is -0.163. The van der Waals surface area contributed by atoms with Crippen LogP contribution >= 0.6 is 0 Å². The van der Waals surface area contributed by atoms with Crippen LogP contribution in [0.4, 0.5) is 0 Å². The van der Waals surface area contributed by atoms with E-state index in [9.17, 15) is 4.79 Å². The zero-order chi connectivity index (χ0) is 12.3. The van der Waals surface area contributed by atoms with Crippen molar-refractivity contribution in [3.8, 4) is 0 Å². The second-order valence-corrected chi connectivity index (χ2v) is 4.78. The number of morpholine rings is 1. The quantitative estimate of drug-likeness (QED) is 0.686. The molecule has 0 saturated carbocycles. The van der Waals surface area contributed by atoms with Gasteiger partial charge in [0.15, 0.2) is 0 Å². The van der Waals surface area contributed by atoms with Crippen molar-refractivity contribution in [2.75, 3.05) is 20.2 Å². The predicted molar refractivity (Wildman–Crippen MR) is 62.3 cm³/mol. The van der Waals surface area contributed by atoms with Gasteiger partial charge >= 0.3 is 5.97 Å². The Morgan fingerprint density at radius 3 is 2.31 bits per heavy atom. The molecule has 0 spiro atoms. The number of nitrogens with zero attached hydrogens (tertiary/aromatic N) is 1. The lowest BCUT2D eigenvalue weighted by Gasteiger charge is -2.44. The highest BCUT2D eigenvalue weighted by molar-refractivity contribution is 5.80. The van der Waals surface area contributed by atoms with E-state index in [0.29, 0.717) is 0 Å². The molecule has 1 aliphatic heterocycles. The van der Waals surface area contributed by atoms with E-state index in [1.54, 1.807) is 0 Å². The average Bonchev–Trinajstić information content (AvgIpc) is 2.25. The Bertz CT molecular complexity index is 247. The molecule has 1 rings (SSSR count). The fraction of sp³-hybridized carbons (Fsp3) is 0.917. The lowest BCUT2D eigenvalue weighted by Crippen LogP contribution is -2.59. The molecule has 0 aromatic heterocycles. The second kappa shape index (κ2) is 5.15. The molecule has 4 nitrogen and oxygen atoms in total. The zero-order valence-electron chi connectivity index (χ0n) is 10.9. The highest BCUT2D eigenvalue weighted by atomic mass is 16.5. The standard InChI is InChI=1S/C12H23NO3/c1-6-12(4,11(14)15-5)13-7-9(2)16-10(3)8-13/h9-10H,6-8H2,1-5H3/t9-,10+,12-/m0/s1. The second-order valence-electron chi connectivity index (χ2n) is 4.78. The SMILES string of the molecule is CC[C@@](C)(C(=O)OC)N1C[C@@H](C)O[C@@H](C)C1. The number of esters is 1. The first kappa shape index (κ1) is 13.5. The molecule has 0 unspecified atom stereocenters. The Balaban J connectivity index is 2.83. The third-order valence-electron chi connectivity index (χ3n) is 3.43. The monoisotopic (exact) mass is 229 g/mol. The zero-order valence-corrected chi connectivity index (χ0v) is 10.9. The summed E-state index contributed by atoms with van der Waals surface area (Å²) >= 11 is 0. The van der Waals surface area contributed by atoms with Gasteiger partial charge in [-0.3, -0.25) is 9.69 Å². The molecule has 1 saturated heterocycles. The molecule has 1 aliphatic rings. The van der Waals surface area contributed by atoms with E-state index in [0.717, 1.165) is 19.5 Å². The Morgan fingerprint density at radius 1 is 1.44 bits per heavy atom. The van der Waals surface area contributed by atoms with Crippen molar-refractivity contribution >= 4 is 5.97 Å². The highest BCUT2D eigenvalue weighted by Crippen LogP contribution is 2.25. The van der Waals surface area contributed by atoms with Gasteiger partial charge in [-0.15, -0.1) is 0 Å². The number of ether oxygens (including phenoxy) is 2. The summed E-state index contributed by atoms with van der Waals surface area (Å²) in [5.41, 5.74) is -0.527. The average molecular weight is 229 g/mol. The molecule has 94 valence electrons. The Hall–Kier alpha value is -0.610. The molecule has 3 atom stereocenters. The summed E-state index contributed by atoms with van der Waals surface area (Å²) in [6.45, 7) is 9.60. The van der Waals surface area contributed by atoms with E-state index in [4.69, 9.17) is 9.47 Å². The van der Waals surface area contributed by atoms with Crippen LogP contribution in [-0.2, 0) is 14.3 Å². The van der Waals surface area contributed by atoms with E-state index in [1.807, 2.05) is 27.7 Å². The van der Waals surface area contributed by atoms with Crippen LogP contribution < -0.4 is 0 Å². The lowest BCUT2D eigenvalue weighted by atomic mass is 9.94. The van der Waals surface area contributed by atoms with Crippen LogP contribution in [0.5, 0.6) is 0 Å². The fourth-order valence-electron chi connectivity index (χ4n) is 2.30. The minimum atomic E-state index is -0.527. The van der Waals surface area contributed by atoms with Crippen molar-refractivity contribution in [2.45, 2.75) is 51.9 Å². The first-order chi connectivity index (χ1) is 7.43. The van der Waals surface area contributed by atoms with Gasteiger partial charge in [-0.2, -0.15) is 0 Å². The number of rotatable bonds is 3. The molecule has 1 fully saturated rings. The van der Waals surface area contributed by atoms with Crippen LogP contribution in [0.15, 0.2) is 0 Å². The maximum atomic E-state index is 11.9. The minimum Gasteiger partial charge on any atom is -0.468 e. The third-order valence-corrected chi connectivity index (χ3v) is 3.43. The van der Waals surface area contributed by atoms with Crippen molar-refractivity contribution in [3.63, 3.8) is 0 Å². The summed E-state index contributed by atoms with van der Waals surface area (Å²) in [6, 6.07) is 0. The summed E-state index contributed by atoms with van der Waals surface area (Å²) in [5.74, 6) is -0.156. The Morgan fingerprint density at radius 2 is 1.94 bits per heavy atom. The van der Waals surface area contributed by atoms with Crippen LogP contribution in [0.3, 0.4) is 0 Å². The van der Waals surface area contributed by atoms with Crippen LogP contribution in [0.2, 0.25) is 0 Å². The van der Waals surface area contributed by atoms with Crippen molar-refractivity contribution < 1.29 is 14.3 Å². The van der Waals surface area contributed by atoms with Crippen LogP contribution in [0, 0.1) is 0 Å². The molecule has 0 bridgehead atoms. The van der Waals surface area contributed by atoms with E-state index < -0.39 is 5.54 Å². The number of carbonyl (C=O) groups is 1. The maximum absolute atomic E-state index is 11.9. The van der Waals surface area contributed by atoms with E-state index in [-0.39, 0.29) is 18.2 Å². The molecule has 0 radical (unpaired) electrons. The molecule has 0 aromatic rings. The molecule has 0 aromatic carbocycles. The predicted octanol–water partition coefficient (Wildman–Crippen LogP) is 1.44. The number of carbonyl (C=O) groups excluding carboxylic acids is 1. The normalized spacial score (nSPS) is 30.8. The first-order valence-corrected chi connectivity index (χ1v) is 5.93. The third kappa shape index (κ3) is 2.55. The van der Waals surface area contributed by atoms with Crippen molar-refractivity contribution in [1.82, 2.24) is 4.90 Å². The first-order valence-electron chi connectivity index (χ1n) is 5.93. The molecular weight excluding hydrogens is 206 g/mol. The van der Waals surface area contributed by atoms with Gasteiger partial charge in [0, 0.05) is 13.1 Å². The summed E-state index contributed by atoms with van der Waals surface area (Å²) < 4.78 is 10.6. The van der Waals surface area contributed by atoms with Crippen LogP contribution in [0.1, 0.15) is 34.1 Å². The Kier molecular flexibility index (Phi) is 4.33. The molecule has 0 amide bonds. The number of hydrogen-bond acceptors (Lipinski definition) is 4. The summed E-state index contributed by atoms with van der Waals surface area (Å²) in [7, 11) is 1.45. The van der Waals surface area contributed by atoms with Gasteiger partial charge in [0.2, 0.25) is 0 Å². The molecule has 0 N–H and O–H groups in total. The van der Waals surface area contributed by atoms with E-state index in [2.05, 4.69) is 4.90 Å². The largest absolute Gasteiger partial charge is 0.468 e. The molecule has 16 heavy (non-hydrogen) atoms. The van der Waals surface area contributed by atoms with Gasteiger partial charge in [-0.05, 0) is 27.2 Å². The van der Waals surface area contributed by atoms with Gasteiger partial charge in [0.25, 0.3) is 0 Å². The van der Waals surface area contributed by atoms with Gasteiger partial charge in [0.1, 0.15) is 5.54 Å². The minimum absolute atomic E-state index is 0.156. The van der Waals surface area contributed by atoms with Crippen LogP contribution in [0.25, 0.3) is 0 Å². The van der Waals surface area contributed by atoms with Gasteiger partial charge in [0.05, 0.1) is 19.3 Å². The summed E-state index contributed by atoms with van der Waals surface area (Å²) in [4.78, 5) is 14.1. The fourth-order valence-corrected chi connectivity index (χ4v) is 2.30. The summed E-state index contributed by atoms with van der Waals surface area (Å²) in [5, 5.41) is 0. The smallest absolute Gasteiger partial charge is 0.325 e.